The highest BCUT2D eigenvalue weighted by molar-refractivity contribution is 5.77. The number of carbonyl (C=O) groups is 2. The van der Waals surface area contributed by atoms with Crippen LogP contribution in [-0.2, 0) is 19.1 Å². The van der Waals surface area contributed by atoms with Crippen molar-refractivity contribution in [2.24, 2.45) is 5.92 Å². The van der Waals surface area contributed by atoms with Crippen LogP contribution in [0.2, 0.25) is 0 Å². The molecule has 1 fully saturated rings. The second-order valence-corrected chi connectivity index (χ2v) is 5.49. The normalized spacial score (nSPS) is 28.0. The molecule has 1 heterocycles. The Morgan fingerprint density at radius 3 is 2.63 bits per heavy atom. The van der Waals surface area contributed by atoms with E-state index in [1.165, 1.54) is 0 Å². The quantitative estimate of drug-likeness (QED) is 0.666. The summed E-state index contributed by atoms with van der Waals surface area (Å²) in [5.41, 5.74) is -0.734. The predicted molar refractivity (Wildman–Crippen MR) is 72.6 cm³/mol. The second kappa shape index (κ2) is 6.92. The van der Waals surface area contributed by atoms with Gasteiger partial charge in [0.25, 0.3) is 0 Å². The van der Waals surface area contributed by atoms with Gasteiger partial charge in [-0.3, -0.25) is 9.59 Å². The molecule has 0 N–H and O–H groups in total. The fourth-order valence-electron chi connectivity index (χ4n) is 2.54. The Kier molecular flexibility index (Phi) is 5.83. The van der Waals surface area contributed by atoms with E-state index >= 15 is 0 Å². The molecule has 4 heteroatoms. The first-order valence-corrected chi connectivity index (χ1v) is 7.41. The van der Waals surface area contributed by atoms with E-state index in [0.717, 1.165) is 25.7 Å². The average Bonchev–Trinajstić information content (AvgIpc) is 2.65. The first-order chi connectivity index (χ1) is 8.99. The molecule has 1 rings (SSSR count). The summed E-state index contributed by atoms with van der Waals surface area (Å²) < 4.78 is 11.1. The van der Waals surface area contributed by atoms with Crippen molar-refractivity contribution in [1.82, 2.24) is 0 Å². The van der Waals surface area contributed by atoms with Crippen LogP contribution in [0.4, 0.5) is 0 Å². The average molecular weight is 270 g/mol. The maximum Gasteiger partial charge on any atom is 0.310 e. The number of cyclic esters (lactones) is 1. The van der Waals surface area contributed by atoms with E-state index in [1.807, 2.05) is 27.7 Å². The monoisotopic (exact) mass is 270 g/mol. The van der Waals surface area contributed by atoms with Crippen molar-refractivity contribution < 1.29 is 19.1 Å². The second-order valence-electron chi connectivity index (χ2n) is 5.49. The van der Waals surface area contributed by atoms with Gasteiger partial charge >= 0.3 is 11.9 Å². The molecule has 3 unspecified atom stereocenters. The molecule has 4 nitrogen and oxygen atoms in total. The summed E-state index contributed by atoms with van der Waals surface area (Å²) in [6.07, 6.45) is 3.88. The Labute approximate surface area is 115 Å². The minimum atomic E-state index is -0.734. The fourth-order valence-corrected chi connectivity index (χ4v) is 2.54. The van der Waals surface area contributed by atoms with Crippen LogP contribution < -0.4 is 0 Å². The van der Waals surface area contributed by atoms with Gasteiger partial charge in [-0.2, -0.15) is 0 Å². The lowest BCUT2D eigenvalue weighted by molar-refractivity contribution is -0.172. The molecule has 1 aliphatic heterocycles. The molecule has 0 radical (unpaired) electrons. The van der Waals surface area contributed by atoms with Crippen molar-refractivity contribution in [3.8, 4) is 0 Å². The van der Waals surface area contributed by atoms with Crippen LogP contribution in [0.25, 0.3) is 0 Å². The van der Waals surface area contributed by atoms with Gasteiger partial charge in [-0.1, -0.05) is 40.5 Å². The standard InChI is InChI=1S/C15H26O4/c1-5-8-12-15(9-6-2,10-13(16)18-12)19-14(17)11(4)7-3/h11-12H,5-10H2,1-4H3. The van der Waals surface area contributed by atoms with Gasteiger partial charge in [0.2, 0.25) is 0 Å². The molecule has 0 aliphatic carbocycles. The smallest absolute Gasteiger partial charge is 0.310 e. The van der Waals surface area contributed by atoms with Gasteiger partial charge < -0.3 is 9.47 Å². The molecule has 0 amide bonds. The Morgan fingerprint density at radius 1 is 1.42 bits per heavy atom. The summed E-state index contributed by atoms with van der Waals surface area (Å²) in [4.78, 5) is 23.7. The van der Waals surface area contributed by atoms with E-state index in [4.69, 9.17) is 9.47 Å². The van der Waals surface area contributed by atoms with E-state index in [2.05, 4.69) is 0 Å². The number of hydrogen-bond acceptors (Lipinski definition) is 4. The molecule has 19 heavy (non-hydrogen) atoms. The highest BCUT2D eigenvalue weighted by atomic mass is 16.6. The van der Waals surface area contributed by atoms with Crippen molar-refractivity contribution in [1.29, 1.82) is 0 Å². The van der Waals surface area contributed by atoms with Crippen molar-refractivity contribution >= 4 is 11.9 Å². The van der Waals surface area contributed by atoms with Crippen molar-refractivity contribution in [3.63, 3.8) is 0 Å². The van der Waals surface area contributed by atoms with Gasteiger partial charge in [-0.15, -0.1) is 0 Å². The molecule has 110 valence electrons. The van der Waals surface area contributed by atoms with Gasteiger partial charge in [0.1, 0.15) is 6.10 Å². The molecule has 3 atom stereocenters. The molecule has 0 spiro atoms. The van der Waals surface area contributed by atoms with E-state index < -0.39 is 5.60 Å². The maximum absolute atomic E-state index is 12.1. The van der Waals surface area contributed by atoms with Crippen molar-refractivity contribution in [3.05, 3.63) is 0 Å². The fraction of sp³-hybridized carbons (Fsp3) is 0.867. The number of hydrogen-bond donors (Lipinski definition) is 0. The Hall–Kier alpha value is -1.06. The van der Waals surface area contributed by atoms with Crippen LogP contribution in [0, 0.1) is 5.92 Å². The van der Waals surface area contributed by atoms with Gasteiger partial charge in [0, 0.05) is 0 Å². The zero-order valence-electron chi connectivity index (χ0n) is 12.5. The van der Waals surface area contributed by atoms with Gasteiger partial charge in [0.05, 0.1) is 12.3 Å². The largest absolute Gasteiger partial charge is 0.458 e. The molecule has 0 aromatic rings. The third kappa shape index (κ3) is 3.71. The minimum absolute atomic E-state index is 0.133. The lowest BCUT2D eigenvalue weighted by Crippen LogP contribution is -2.44. The van der Waals surface area contributed by atoms with Gasteiger partial charge in [-0.05, 0) is 19.3 Å². The predicted octanol–water partition coefficient (Wildman–Crippen LogP) is 3.23. The molecule has 0 saturated carbocycles. The number of esters is 2. The molecule has 0 bridgehead atoms. The molecule has 0 aromatic heterocycles. The maximum atomic E-state index is 12.1. The van der Waals surface area contributed by atoms with Crippen LogP contribution in [0.5, 0.6) is 0 Å². The van der Waals surface area contributed by atoms with Crippen LogP contribution >= 0.6 is 0 Å². The number of ether oxygens (including phenoxy) is 2. The minimum Gasteiger partial charge on any atom is -0.458 e. The van der Waals surface area contributed by atoms with Crippen LogP contribution in [-0.4, -0.2) is 23.6 Å². The first kappa shape index (κ1) is 16.0. The number of carbonyl (C=O) groups excluding carboxylic acids is 2. The lowest BCUT2D eigenvalue weighted by atomic mass is 9.87. The Morgan fingerprint density at radius 2 is 2.11 bits per heavy atom. The SMILES string of the molecule is CCCC1OC(=O)CC1(CCC)OC(=O)C(C)CC. The van der Waals surface area contributed by atoms with E-state index in [9.17, 15) is 9.59 Å². The van der Waals surface area contributed by atoms with Gasteiger partial charge in [0.15, 0.2) is 5.60 Å². The van der Waals surface area contributed by atoms with Gasteiger partial charge in [-0.25, -0.2) is 0 Å². The Bertz CT molecular complexity index is 326. The highest BCUT2D eigenvalue weighted by Crippen LogP contribution is 2.38. The van der Waals surface area contributed by atoms with Crippen LogP contribution in [0.15, 0.2) is 0 Å². The molecule has 1 saturated heterocycles. The third-order valence-electron chi connectivity index (χ3n) is 3.85. The van der Waals surface area contributed by atoms with E-state index in [1.54, 1.807) is 0 Å². The van der Waals surface area contributed by atoms with E-state index in [-0.39, 0.29) is 30.4 Å². The summed E-state index contributed by atoms with van der Waals surface area (Å²) >= 11 is 0. The summed E-state index contributed by atoms with van der Waals surface area (Å²) in [5, 5.41) is 0. The zero-order chi connectivity index (χ0) is 14.5. The summed E-state index contributed by atoms with van der Waals surface area (Å²) in [6.45, 7) is 7.89. The molecule has 1 aliphatic rings. The van der Waals surface area contributed by atoms with Crippen LogP contribution in [0.3, 0.4) is 0 Å². The van der Waals surface area contributed by atoms with Crippen molar-refractivity contribution in [2.45, 2.75) is 77.9 Å². The summed E-state index contributed by atoms with van der Waals surface area (Å²) in [5.74, 6) is -0.592. The van der Waals surface area contributed by atoms with Crippen LogP contribution in [0.1, 0.15) is 66.2 Å². The molecule has 0 aromatic carbocycles. The topological polar surface area (TPSA) is 52.6 Å². The first-order valence-electron chi connectivity index (χ1n) is 7.41. The van der Waals surface area contributed by atoms with E-state index in [0.29, 0.717) is 6.42 Å². The summed E-state index contributed by atoms with van der Waals surface area (Å²) in [7, 11) is 0. The summed E-state index contributed by atoms with van der Waals surface area (Å²) in [6, 6.07) is 0. The Balaban J connectivity index is 2.88. The highest BCUT2D eigenvalue weighted by Gasteiger charge is 2.51. The molecular formula is C15H26O4. The number of rotatable bonds is 7. The zero-order valence-corrected chi connectivity index (χ0v) is 12.5. The molecular weight excluding hydrogens is 244 g/mol. The lowest BCUT2D eigenvalue weighted by Gasteiger charge is -2.33. The third-order valence-corrected chi connectivity index (χ3v) is 3.85. The van der Waals surface area contributed by atoms with Crippen molar-refractivity contribution in [2.75, 3.05) is 0 Å².